The van der Waals surface area contributed by atoms with E-state index in [-0.39, 0.29) is 6.04 Å². The molecule has 4 heteroatoms. The van der Waals surface area contributed by atoms with Crippen LogP contribution in [-0.4, -0.2) is 10.2 Å². The first-order chi connectivity index (χ1) is 9.29. The van der Waals surface area contributed by atoms with Gasteiger partial charge < -0.3 is 5.73 Å². The van der Waals surface area contributed by atoms with Crippen LogP contribution in [0, 0.1) is 0 Å². The van der Waals surface area contributed by atoms with Crippen molar-refractivity contribution in [2.75, 3.05) is 0 Å². The maximum Gasteiger partial charge on any atom is 0.148 e. The van der Waals surface area contributed by atoms with Crippen molar-refractivity contribution in [1.29, 1.82) is 0 Å². The summed E-state index contributed by atoms with van der Waals surface area (Å²) in [5.41, 5.74) is 7.14. The van der Waals surface area contributed by atoms with Crippen LogP contribution in [0.1, 0.15) is 24.4 Å². The maximum atomic E-state index is 6.01. The lowest BCUT2D eigenvalue weighted by Crippen LogP contribution is -2.07. The third kappa shape index (κ3) is 2.25. The first kappa shape index (κ1) is 12.3. The van der Waals surface area contributed by atoms with Crippen LogP contribution in [0.3, 0.4) is 0 Å². The van der Waals surface area contributed by atoms with Gasteiger partial charge in [-0.2, -0.15) is 0 Å². The lowest BCUT2D eigenvalue weighted by molar-refractivity contribution is 0.683. The van der Waals surface area contributed by atoms with Gasteiger partial charge in [0.1, 0.15) is 10.0 Å². The molecule has 19 heavy (non-hydrogen) atoms. The van der Waals surface area contributed by atoms with Gasteiger partial charge in [-0.15, -0.1) is 10.2 Å². The fourth-order valence-corrected chi connectivity index (χ4v) is 3.05. The molecule has 96 valence electrons. The quantitative estimate of drug-likeness (QED) is 0.787. The molecular formula is C15H15N3S. The van der Waals surface area contributed by atoms with Crippen molar-refractivity contribution in [2.45, 2.75) is 19.4 Å². The summed E-state index contributed by atoms with van der Waals surface area (Å²) in [5.74, 6) is 0. The van der Waals surface area contributed by atoms with Crippen LogP contribution in [0.25, 0.3) is 21.3 Å². The zero-order valence-corrected chi connectivity index (χ0v) is 11.5. The Morgan fingerprint density at radius 2 is 1.89 bits per heavy atom. The Kier molecular flexibility index (Phi) is 3.27. The topological polar surface area (TPSA) is 51.8 Å². The Balaban J connectivity index is 2.12. The summed E-state index contributed by atoms with van der Waals surface area (Å²) in [7, 11) is 0. The monoisotopic (exact) mass is 269 g/mol. The molecule has 0 saturated carbocycles. The fourth-order valence-electron chi connectivity index (χ4n) is 2.08. The first-order valence-corrected chi connectivity index (χ1v) is 7.18. The molecule has 1 atom stereocenters. The van der Waals surface area contributed by atoms with Crippen molar-refractivity contribution in [3.8, 4) is 10.6 Å². The van der Waals surface area contributed by atoms with Crippen molar-refractivity contribution >= 4 is 22.1 Å². The summed E-state index contributed by atoms with van der Waals surface area (Å²) in [6, 6.07) is 14.6. The Morgan fingerprint density at radius 1 is 1.11 bits per heavy atom. The van der Waals surface area contributed by atoms with Crippen LogP contribution in [-0.2, 0) is 0 Å². The number of fused-ring (bicyclic) bond motifs is 1. The van der Waals surface area contributed by atoms with Crippen LogP contribution < -0.4 is 5.73 Å². The lowest BCUT2D eigenvalue weighted by Gasteiger charge is -2.03. The predicted octanol–water partition coefficient (Wildman–Crippen LogP) is 3.77. The minimum Gasteiger partial charge on any atom is -0.322 e. The van der Waals surface area contributed by atoms with E-state index in [2.05, 4.69) is 47.5 Å². The Bertz CT molecular complexity index is 700. The number of hydrogen-bond acceptors (Lipinski definition) is 4. The molecule has 0 aliphatic rings. The SMILES string of the molecule is CCC(N)c1nnc(-c2cccc3ccccc23)s1. The van der Waals surface area contributed by atoms with Crippen LogP contribution in [0.4, 0.5) is 0 Å². The first-order valence-electron chi connectivity index (χ1n) is 6.36. The molecule has 0 spiro atoms. The Morgan fingerprint density at radius 3 is 2.74 bits per heavy atom. The number of benzene rings is 2. The molecule has 0 bridgehead atoms. The van der Waals surface area contributed by atoms with E-state index in [1.54, 1.807) is 11.3 Å². The maximum absolute atomic E-state index is 6.01. The van der Waals surface area contributed by atoms with Gasteiger partial charge >= 0.3 is 0 Å². The van der Waals surface area contributed by atoms with Crippen molar-refractivity contribution in [3.63, 3.8) is 0 Å². The molecule has 0 amide bonds. The lowest BCUT2D eigenvalue weighted by atomic mass is 10.1. The van der Waals surface area contributed by atoms with Gasteiger partial charge in [0, 0.05) is 5.56 Å². The molecule has 0 fully saturated rings. The third-order valence-electron chi connectivity index (χ3n) is 3.22. The largest absolute Gasteiger partial charge is 0.322 e. The van der Waals surface area contributed by atoms with Gasteiger partial charge in [-0.05, 0) is 17.2 Å². The summed E-state index contributed by atoms with van der Waals surface area (Å²) < 4.78 is 0. The van der Waals surface area contributed by atoms with Crippen molar-refractivity contribution < 1.29 is 0 Å². The van der Waals surface area contributed by atoms with Gasteiger partial charge in [-0.25, -0.2) is 0 Å². The highest BCUT2D eigenvalue weighted by molar-refractivity contribution is 7.14. The number of hydrogen-bond donors (Lipinski definition) is 1. The van der Waals surface area contributed by atoms with Crippen molar-refractivity contribution in [2.24, 2.45) is 5.73 Å². The molecule has 0 radical (unpaired) electrons. The van der Waals surface area contributed by atoms with Crippen LogP contribution in [0.5, 0.6) is 0 Å². The molecule has 2 aromatic carbocycles. The van der Waals surface area contributed by atoms with Gasteiger partial charge in [-0.3, -0.25) is 0 Å². The van der Waals surface area contributed by atoms with E-state index in [4.69, 9.17) is 5.73 Å². The van der Waals surface area contributed by atoms with E-state index in [0.717, 1.165) is 22.0 Å². The second-order valence-corrected chi connectivity index (χ2v) is 5.50. The molecule has 1 aromatic heterocycles. The van der Waals surface area contributed by atoms with Gasteiger partial charge in [-0.1, -0.05) is 60.7 Å². The average molecular weight is 269 g/mol. The second-order valence-electron chi connectivity index (χ2n) is 4.49. The smallest absolute Gasteiger partial charge is 0.148 e. The molecule has 1 unspecified atom stereocenters. The number of nitrogens with zero attached hydrogens (tertiary/aromatic N) is 2. The third-order valence-corrected chi connectivity index (χ3v) is 4.31. The van der Waals surface area contributed by atoms with Gasteiger partial charge in [0.25, 0.3) is 0 Å². The standard InChI is InChI=1S/C15H15N3S/c1-2-13(16)15-18-17-14(19-15)12-9-5-7-10-6-3-4-8-11(10)12/h3-9,13H,2,16H2,1H3. The van der Waals surface area contributed by atoms with Gasteiger partial charge in [0.15, 0.2) is 0 Å². The summed E-state index contributed by atoms with van der Waals surface area (Å²) >= 11 is 1.59. The number of rotatable bonds is 3. The van der Waals surface area contributed by atoms with E-state index >= 15 is 0 Å². The molecule has 0 aliphatic heterocycles. The highest BCUT2D eigenvalue weighted by atomic mass is 32.1. The van der Waals surface area contributed by atoms with E-state index in [1.807, 2.05) is 12.1 Å². The molecule has 1 heterocycles. The predicted molar refractivity (Wildman–Crippen MR) is 80.1 cm³/mol. The van der Waals surface area contributed by atoms with Crippen LogP contribution >= 0.6 is 11.3 Å². The molecule has 0 aliphatic carbocycles. The summed E-state index contributed by atoms with van der Waals surface area (Å²) in [6.07, 6.45) is 0.879. The minimum absolute atomic E-state index is 0.0128. The van der Waals surface area contributed by atoms with Crippen LogP contribution in [0.15, 0.2) is 42.5 Å². The number of nitrogens with two attached hydrogens (primary N) is 1. The second kappa shape index (κ2) is 5.07. The molecule has 3 nitrogen and oxygen atoms in total. The van der Waals surface area contributed by atoms with Gasteiger partial charge in [0.05, 0.1) is 6.04 Å². The summed E-state index contributed by atoms with van der Waals surface area (Å²) in [6.45, 7) is 2.06. The molecular weight excluding hydrogens is 254 g/mol. The Hall–Kier alpha value is -1.78. The van der Waals surface area contributed by atoms with Gasteiger partial charge in [0.2, 0.25) is 0 Å². The summed E-state index contributed by atoms with van der Waals surface area (Å²) in [4.78, 5) is 0. The molecule has 3 rings (SSSR count). The van der Waals surface area contributed by atoms with Crippen LogP contribution in [0.2, 0.25) is 0 Å². The van der Waals surface area contributed by atoms with E-state index in [1.165, 1.54) is 10.8 Å². The Labute approximate surface area is 116 Å². The van der Waals surface area contributed by atoms with E-state index in [0.29, 0.717) is 0 Å². The summed E-state index contributed by atoms with van der Waals surface area (Å²) in [5, 5.41) is 12.8. The molecule has 2 N–H and O–H groups in total. The minimum atomic E-state index is -0.0128. The van der Waals surface area contributed by atoms with E-state index in [9.17, 15) is 0 Å². The molecule has 0 saturated heterocycles. The number of aromatic nitrogens is 2. The highest BCUT2D eigenvalue weighted by Crippen LogP contribution is 2.32. The van der Waals surface area contributed by atoms with E-state index < -0.39 is 0 Å². The average Bonchev–Trinajstić information content (AvgIpc) is 2.95. The van der Waals surface area contributed by atoms with Crippen molar-refractivity contribution in [3.05, 3.63) is 47.5 Å². The fraction of sp³-hybridized carbons (Fsp3) is 0.200. The zero-order chi connectivity index (χ0) is 13.2. The highest BCUT2D eigenvalue weighted by Gasteiger charge is 2.13. The zero-order valence-electron chi connectivity index (χ0n) is 10.7. The molecule has 3 aromatic rings. The van der Waals surface area contributed by atoms with Crippen molar-refractivity contribution in [1.82, 2.24) is 10.2 Å². The normalized spacial score (nSPS) is 12.7.